The lowest BCUT2D eigenvalue weighted by molar-refractivity contribution is 0.669. The molecule has 0 bridgehead atoms. The van der Waals surface area contributed by atoms with E-state index in [1.807, 2.05) is 12.1 Å². The number of hydrogen-bond acceptors (Lipinski definition) is 2. The summed E-state index contributed by atoms with van der Waals surface area (Å²) in [7, 11) is 0. The number of furan rings is 1. The maximum absolute atomic E-state index is 6.20. The summed E-state index contributed by atoms with van der Waals surface area (Å²) in [5, 5.41) is 4.87. The first-order valence-corrected chi connectivity index (χ1v) is 17.7. The van der Waals surface area contributed by atoms with Gasteiger partial charge in [0.15, 0.2) is 0 Å². The summed E-state index contributed by atoms with van der Waals surface area (Å²) in [6, 6.07) is 59.4. The highest BCUT2D eigenvalue weighted by Crippen LogP contribution is 2.49. The second-order valence-corrected chi connectivity index (χ2v) is 13.7. The Labute approximate surface area is 295 Å². The molecule has 2 aromatic heterocycles. The van der Waals surface area contributed by atoms with Crippen LogP contribution in [0.5, 0.6) is 0 Å². The number of para-hydroxylation sites is 4. The van der Waals surface area contributed by atoms with Crippen LogP contribution in [0.2, 0.25) is 0 Å². The van der Waals surface area contributed by atoms with Crippen LogP contribution in [0, 0.1) is 0 Å². The van der Waals surface area contributed by atoms with Crippen molar-refractivity contribution in [3.05, 3.63) is 187 Å². The Morgan fingerprint density at radius 1 is 0.490 bits per heavy atom. The molecule has 0 N–H and O–H groups in total. The van der Waals surface area contributed by atoms with Crippen molar-refractivity contribution in [2.45, 2.75) is 12.5 Å². The van der Waals surface area contributed by atoms with Crippen LogP contribution in [-0.2, 0) is 0 Å². The fourth-order valence-corrected chi connectivity index (χ4v) is 8.53. The third-order valence-corrected chi connectivity index (χ3v) is 10.9. The predicted molar refractivity (Wildman–Crippen MR) is 213 cm³/mol. The molecule has 240 valence electrons. The van der Waals surface area contributed by atoms with Gasteiger partial charge in [-0.3, -0.25) is 0 Å². The second kappa shape index (κ2) is 11.0. The number of hydrogen-bond donors (Lipinski definition) is 0. The van der Waals surface area contributed by atoms with Crippen molar-refractivity contribution in [2.24, 2.45) is 0 Å². The Kier molecular flexibility index (Phi) is 6.08. The molecular weight excluding hydrogens is 621 g/mol. The SMILES string of the molecule is C1=C(c2ccc3c(c2)c2ccccc2n3-c2ccccc2)C=C2c3ccccc3N(c3ccc(-c4ccc5c(c4)oc4ccccc45)cc3)C2C1. The lowest BCUT2D eigenvalue weighted by Gasteiger charge is -2.29. The van der Waals surface area contributed by atoms with E-state index < -0.39 is 0 Å². The molecule has 0 saturated heterocycles. The number of anilines is 2. The summed E-state index contributed by atoms with van der Waals surface area (Å²) in [6.07, 6.45) is 5.80. The maximum Gasteiger partial charge on any atom is 0.136 e. The summed E-state index contributed by atoms with van der Waals surface area (Å²) < 4.78 is 8.58. The Morgan fingerprint density at radius 2 is 1.20 bits per heavy atom. The molecule has 0 fully saturated rings. The molecule has 0 radical (unpaired) electrons. The highest BCUT2D eigenvalue weighted by molar-refractivity contribution is 6.11. The largest absolute Gasteiger partial charge is 0.456 e. The molecule has 11 rings (SSSR count). The minimum absolute atomic E-state index is 0.243. The lowest BCUT2D eigenvalue weighted by atomic mass is 9.89. The summed E-state index contributed by atoms with van der Waals surface area (Å²) in [6.45, 7) is 0. The molecule has 1 unspecified atom stereocenters. The van der Waals surface area contributed by atoms with E-state index in [0.717, 1.165) is 33.9 Å². The minimum atomic E-state index is 0.243. The molecular formula is C48H32N2O. The summed E-state index contributed by atoms with van der Waals surface area (Å²) in [4.78, 5) is 2.53. The number of benzene rings is 7. The van der Waals surface area contributed by atoms with E-state index >= 15 is 0 Å². The molecule has 3 heteroatoms. The van der Waals surface area contributed by atoms with E-state index in [0.29, 0.717) is 0 Å². The molecule has 9 aromatic rings. The van der Waals surface area contributed by atoms with Crippen molar-refractivity contribution in [3.8, 4) is 16.8 Å². The van der Waals surface area contributed by atoms with Crippen LogP contribution in [0.1, 0.15) is 17.5 Å². The molecule has 1 aliphatic carbocycles. The Morgan fingerprint density at radius 3 is 2.10 bits per heavy atom. The zero-order valence-corrected chi connectivity index (χ0v) is 27.8. The lowest BCUT2D eigenvalue weighted by Crippen LogP contribution is -2.27. The van der Waals surface area contributed by atoms with Crippen molar-refractivity contribution in [3.63, 3.8) is 0 Å². The highest BCUT2D eigenvalue weighted by Gasteiger charge is 2.36. The van der Waals surface area contributed by atoms with Crippen molar-refractivity contribution in [1.29, 1.82) is 0 Å². The quantitative estimate of drug-likeness (QED) is 0.189. The van der Waals surface area contributed by atoms with Crippen LogP contribution in [0.25, 0.3) is 71.7 Å². The number of allylic oxidation sites excluding steroid dienone is 2. The number of fused-ring (bicyclic) bond motifs is 9. The minimum Gasteiger partial charge on any atom is -0.456 e. The van der Waals surface area contributed by atoms with Gasteiger partial charge >= 0.3 is 0 Å². The summed E-state index contributed by atoms with van der Waals surface area (Å²) in [5.41, 5.74) is 15.5. The van der Waals surface area contributed by atoms with Crippen molar-refractivity contribution in [1.82, 2.24) is 4.57 Å². The van der Waals surface area contributed by atoms with Gasteiger partial charge in [0.25, 0.3) is 0 Å². The average molecular weight is 653 g/mol. The van der Waals surface area contributed by atoms with Gasteiger partial charge in [-0.15, -0.1) is 0 Å². The maximum atomic E-state index is 6.20. The fourth-order valence-electron chi connectivity index (χ4n) is 8.53. The highest BCUT2D eigenvalue weighted by atomic mass is 16.3. The van der Waals surface area contributed by atoms with E-state index in [-0.39, 0.29) is 6.04 Å². The van der Waals surface area contributed by atoms with Crippen LogP contribution in [0.15, 0.2) is 180 Å². The van der Waals surface area contributed by atoms with E-state index in [4.69, 9.17) is 4.42 Å². The first-order valence-electron chi connectivity index (χ1n) is 17.7. The van der Waals surface area contributed by atoms with E-state index in [1.54, 1.807) is 0 Å². The van der Waals surface area contributed by atoms with Gasteiger partial charge in [0.2, 0.25) is 0 Å². The van der Waals surface area contributed by atoms with Crippen LogP contribution in [-0.4, -0.2) is 10.6 Å². The zero-order chi connectivity index (χ0) is 33.5. The second-order valence-electron chi connectivity index (χ2n) is 13.7. The Hall–Kier alpha value is -6.58. The molecule has 0 amide bonds. The Bertz CT molecular complexity index is 2890. The first-order chi connectivity index (χ1) is 25.3. The summed E-state index contributed by atoms with van der Waals surface area (Å²) >= 11 is 0. The van der Waals surface area contributed by atoms with Gasteiger partial charge in [0.05, 0.1) is 17.1 Å². The average Bonchev–Trinajstić information content (AvgIpc) is 3.85. The molecule has 51 heavy (non-hydrogen) atoms. The van der Waals surface area contributed by atoms with Gasteiger partial charge in [-0.1, -0.05) is 103 Å². The normalized spacial score (nSPS) is 15.4. The van der Waals surface area contributed by atoms with Gasteiger partial charge in [-0.05, 0) is 107 Å². The molecule has 0 saturated carbocycles. The van der Waals surface area contributed by atoms with Crippen LogP contribution >= 0.6 is 0 Å². The third-order valence-electron chi connectivity index (χ3n) is 10.9. The number of nitrogens with zero attached hydrogens (tertiary/aromatic N) is 2. The van der Waals surface area contributed by atoms with Gasteiger partial charge in [-0.25, -0.2) is 0 Å². The number of rotatable bonds is 4. The van der Waals surface area contributed by atoms with Crippen molar-refractivity contribution < 1.29 is 4.42 Å². The van der Waals surface area contributed by atoms with E-state index in [2.05, 4.69) is 173 Å². The molecule has 1 aliphatic heterocycles. The van der Waals surface area contributed by atoms with Crippen molar-refractivity contribution >= 4 is 66.3 Å². The van der Waals surface area contributed by atoms with Gasteiger partial charge < -0.3 is 13.9 Å². The third kappa shape index (κ3) is 4.31. The monoisotopic (exact) mass is 652 g/mol. The summed E-state index contributed by atoms with van der Waals surface area (Å²) in [5.74, 6) is 0. The van der Waals surface area contributed by atoms with Gasteiger partial charge in [0.1, 0.15) is 11.2 Å². The van der Waals surface area contributed by atoms with E-state index in [9.17, 15) is 0 Å². The molecule has 3 nitrogen and oxygen atoms in total. The van der Waals surface area contributed by atoms with E-state index in [1.165, 1.54) is 66.7 Å². The van der Waals surface area contributed by atoms with Gasteiger partial charge in [-0.2, -0.15) is 0 Å². The van der Waals surface area contributed by atoms with Crippen LogP contribution in [0.4, 0.5) is 11.4 Å². The zero-order valence-electron chi connectivity index (χ0n) is 27.8. The van der Waals surface area contributed by atoms with Gasteiger partial charge in [0, 0.05) is 44.2 Å². The van der Waals surface area contributed by atoms with Crippen LogP contribution in [0.3, 0.4) is 0 Å². The molecule has 0 spiro atoms. The molecule has 7 aromatic carbocycles. The fraction of sp³-hybridized carbons (Fsp3) is 0.0417. The topological polar surface area (TPSA) is 21.3 Å². The smallest absolute Gasteiger partial charge is 0.136 e. The number of aromatic nitrogens is 1. The standard InChI is InChI=1S/C48H32N2O/c1-2-10-35(11-3-1)49-43-15-7-4-12-37(43)41-28-32(21-26-45(41)49)33-22-27-46-42(29-33)38-13-5-8-16-44(38)50(46)36-23-18-31(19-24-36)34-20-25-40-39-14-6-9-17-47(39)51-48(40)30-34/h1-26,28-30,46H,27H2. The molecule has 2 aliphatic rings. The molecule has 3 heterocycles. The predicted octanol–water partition coefficient (Wildman–Crippen LogP) is 12.7. The van der Waals surface area contributed by atoms with Crippen molar-refractivity contribution in [2.75, 3.05) is 4.90 Å². The Balaban J connectivity index is 0.947. The molecule has 1 atom stereocenters. The van der Waals surface area contributed by atoms with Crippen LogP contribution < -0.4 is 4.90 Å². The first kappa shape index (κ1) is 28.3.